The van der Waals surface area contributed by atoms with Crippen LogP contribution in [-0.2, 0) is 14.4 Å². The first-order valence-electron chi connectivity index (χ1n) is 11.6. The van der Waals surface area contributed by atoms with E-state index in [4.69, 9.17) is 11.6 Å². The van der Waals surface area contributed by atoms with Crippen LogP contribution in [0.1, 0.15) is 96.8 Å². The van der Waals surface area contributed by atoms with Gasteiger partial charge < -0.3 is 5.32 Å². The van der Waals surface area contributed by atoms with E-state index in [-0.39, 0.29) is 24.7 Å². The van der Waals surface area contributed by atoms with Crippen LogP contribution in [0.4, 0.5) is 5.69 Å². The maximum atomic E-state index is 11.9. The third-order valence-electron chi connectivity index (χ3n) is 5.08. The highest BCUT2D eigenvalue weighted by molar-refractivity contribution is 6.33. The minimum atomic E-state index is -0.401. The quantitative estimate of drug-likeness (QED) is 0.216. The van der Waals surface area contributed by atoms with Gasteiger partial charge in [0.15, 0.2) is 0 Å². The summed E-state index contributed by atoms with van der Waals surface area (Å²) in [5.74, 6) is -0.915. The van der Waals surface area contributed by atoms with Gasteiger partial charge in [-0.05, 0) is 18.6 Å². The van der Waals surface area contributed by atoms with E-state index in [2.05, 4.69) is 23.1 Å². The SMILES string of the molecule is CCCCCCCCCCCCCC(=O)NNC(=O)CCC(=O)Nc1ccccc1Cl. The van der Waals surface area contributed by atoms with Crippen LogP contribution in [-0.4, -0.2) is 17.7 Å². The molecule has 0 aromatic heterocycles. The maximum absolute atomic E-state index is 11.9. The van der Waals surface area contributed by atoms with E-state index in [9.17, 15) is 14.4 Å². The molecule has 1 rings (SSSR count). The van der Waals surface area contributed by atoms with Gasteiger partial charge in [-0.25, -0.2) is 0 Å². The van der Waals surface area contributed by atoms with Gasteiger partial charge in [0, 0.05) is 19.3 Å². The summed E-state index contributed by atoms with van der Waals surface area (Å²) in [7, 11) is 0. The molecule has 0 fully saturated rings. The first kappa shape index (κ1) is 27.0. The molecule has 6 nitrogen and oxygen atoms in total. The fraction of sp³-hybridized carbons (Fsp3) is 0.625. The minimum Gasteiger partial charge on any atom is -0.325 e. The average Bonchev–Trinajstić information content (AvgIpc) is 2.76. The average molecular weight is 452 g/mol. The Kier molecular flexibility index (Phi) is 15.3. The van der Waals surface area contributed by atoms with Crippen molar-refractivity contribution in [2.45, 2.75) is 96.8 Å². The largest absolute Gasteiger partial charge is 0.325 e. The zero-order valence-corrected chi connectivity index (χ0v) is 19.6. The molecular formula is C24H38ClN3O3. The lowest BCUT2D eigenvalue weighted by Gasteiger charge is -2.08. The molecular weight excluding hydrogens is 414 g/mol. The van der Waals surface area contributed by atoms with Gasteiger partial charge in [-0.1, -0.05) is 94.9 Å². The van der Waals surface area contributed by atoms with E-state index in [0.29, 0.717) is 17.1 Å². The summed E-state index contributed by atoms with van der Waals surface area (Å²) in [6.07, 6.45) is 13.9. The molecule has 3 N–H and O–H groups in total. The monoisotopic (exact) mass is 451 g/mol. The Labute approximate surface area is 191 Å². The van der Waals surface area contributed by atoms with Crippen molar-refractivity contribution in [3.8, 4) is 0 Å². The number of hydrogen-bond acceptors (Lipinski definition) is 3. The van der Waals surface area contributed by atoms with Crippen molar-refractivity contribution in [1.29, 1.82) is 0 Å². The predicted molar refractivity (Wildman–Crippen MR) is 127 cm³/mol. The molecule has 0 aliphatic rings. The Morgan fingerprint density at radius 2 is 1.16 bits per heavy atom. The van der Waals surface area contributed by atoms with Crippen LogP contribution in [0, 0.1) is 0 Å². The molecule has 0 unspecified atom stereocenters. The number of nitrogens with one attached hydrogen (secondary N) is 3. The van der Waals surface area contributed by atoms with Crippen molar-refractivity contribution in [2.75, 3.05) is 5.32 Å². The van der Waals surface area contributed by atoms with Gasteiger partial charge in [-0.3, -0.25) is 25.2 Å². The number of unbranched alkanes of at least 4 members (excludes halogenated alkanes) is 10. The molecule has 0 aliphatic carbocycles. The highest BCUT2D eigenvalue weighted by Gasteiger charge is 2.09. The molecule has 0 radical (unpaired) electrons. The smallest absolute Gasteiger partial charge is 0.238 e. The second-order valence-corrected chi connectivity index (χ2v) is 8.32. The molecule has 31 heavy (non-hydrogen) atoms. The molecule has 3 amide bonds. The molecule has 7 heteroatoms. The number of amides is 3. The molecule has 1 aromatic rings. The molecule has 174 valence electrons. The van der Waals surface area contributed by atoms with Gasteiger partial charge in [-0.15, -0.1) is 0 Å². The number of hydrogen-bond donors (Lipinski definition) is 3. The topological polar surface area (TPSA) is 87.3 Å². The Bertz CT molecular complexity index is 667. The van der Waals surface area contributed by atoms with E-state index in [1.807, 2.05) is 0 Å². The van der Waals surface area contributed by atoms with Crippen LogP contribution in [0.2, 0.25) is 5.02 Å². The number of para-hydroxylation sites is 1. The summed E-state index contributed by atoms with van der Waals surface area (Å²) in [6, 6.07) is 6.90. The van der Waals surface area contributed by atoms with Crippen molar-refractivity contribution in [1.82, 2.24) is 10.9 Å². The first-order chi connectivity index (χ1) is 15.0. The summed E-state index contributed by atoms with van der Waals surface area (Å²) in [5.41, 5.74) is 5.28. The Balaban J connectivity index is 1.97. The summed E-state index contributed by atoms with van der Waals surface area (Å²) in [6.45, 7) is 2.24. The van der Waals surface area contributed by atoms with Crippen molar-refractivity contribution in [3.63, 3.8) is 0 Å². The zero-order valence-electron chi connectivity index (χ0n) is 18.8. The molecule has 0 spiro atoms. The molecule has 1 aromatic carbocycles. The van der Waals surface area contributed by atoms with Gasteiger partial charge in [0.2, 0.25) is 17.7 Å². The molecule has 0 saturated heterocycles. The predicted octanol–water partition coefficient (Wildman–Crippen LogP) is 5.91. The number of rotatable bonds is 16. The molecule has 0 heterocycles. The van der Waals surface area contributed by atoms with E-state index in [0.717, 1.165) is 19.3 Å². The highest BCUT2D eigenvalue weighted by Crippen LogP contribution is 2.20. The number of carbonyl (C=O) groups is 3. The lowest BCUT2D eigenvalue weighted by molar-refractivity contribution is -0.129. The molecule has 0 saturated carbocycles. The minimum absolute atomic E-state index is 0.00549. The maximum Gasteiger partial charge on any atom is 0.238 e. The molecule has 0 atom stereocenters. The highest BCUT2D eigenvalue weighted by atomic mass is 35.5. The van der Waals surface area contributed by atoms with Gasteiger partial charge in [0.25, 0.3) is 0 Å². The number of carbonyl (C=O) groups excluding carboxylic acids is 3. The van der Waals surface area contributed by atoms with Crippen molar-refractivity contribution in [2.24, 2.45) is 0 Å². The zero-order chi connectivity index (χ0) is 22.7. The second-order valence-electron chi connectivity index (χ2n) is 7.91. The van der Waals surface area contributed by atoms with E-state index in [1.54, 1.807) is 24.3 Å². The Morgan fingerprint density at radius 3 is 1.74 bits per heavy atom. The van der Waals surface area contributed by atoms with Gasteiger partial charge in [-0.2, -0.15) is 0 Å². The van der Waals surface area contributed by atoms with Gasteiger partial charge in [0.05, 0.1) is 10.7 Å². The lowest BCUT2D eigenvalue weighted by Crippen LogP contribution is -2.41. The van der Waals surface area contributed by atoms with Crippen molar-refractivity contribution >= 4 is 35.0 Å². The third-order valence-corrected chi connectivity index (χ3v) is 5.41. The van der Waals surface area contributed by atoms with Gasteiger partial charge in [0.1, 0.15) is 0 Å². The summed E-state index contributed by atoms with van der Waals surface area (Å²) in [5, 5.41) is 3.10. The number of halogens is 1. The Hall–Kier alpha value is -2.08. The Morgan fingerprint density at radius 1 is 0.677 bits per heavy atom. The molecule has 0 aliphatic heterocycles. The van der Waals surface area contributed by atoms with Gasteiger partial charge >= 0.3 is 0 Å². The van der Waals surface area contributed by atoms with Crippen LogP contribution in [0.15, 0.2) is 24.3 Å². The normalized spacial score (nSPS) is 10.5. The van der Waals surface area contributed by atoms with Crippen molar-refractivity contribution in [3.05, 3.63) is 29.3 Å². The van der Waals surface area contributed by atoms with Crippen LogP contribution >= 0.6 is 11.6 Å². The first-order valence-corrected chi connectivity index (χ1v) is 12.0. The van der Waals surface area contributed by atoms with E-state index < -0.39 is 5.91 Å². The third kappa shape index (κ3) is 14.5. The fourth-order valence-electron chi connectivity index (χ4n) is 3.22. The van der Waals surface area contributed by atoms with Crippen LogP contribution in [0.3, 0.4) is 0 Å². The van der Waals surface area contributed by atoms with Crippen LogP contribution in [0.25, 0.3) is 0 Å². The van der Waals surface area contributed by atoms with E-state index >= 15 is 0 Å². The van der Waals surface area contributed by atoms with E-state index in [1.165, 1.54) is 51.4 Å². The van der Waals surface area contributed by atoms with Crippen LogP contribution < -0.4 is 16.2 Å². The number of benzene rings is 1. The second kappa shape index (κ2) is 17.6. The number of anilines is 1. The summed E-state index contributed by atoms with van der Waals surface area (Å²) in [4.78, 5) is 35.5. The molecule has 0 bridgehead atoms. The number of hydrazine groups is 1. The van der Waals surface area contributed by atoms with Crippen molar-refractivity contribution < 1.29 is 14.4 Å². The lowest BCUT2D eigenvalue weighted by atomic mass is 10.1. The fourth-order valence-corrected chi connectivity index (χ4v) is 3.40. The summed E-state index contributed by atoms with van der Waals surface area (Å²) >= 11 is 5.98. The summed E-state index contributed by atoms with van der Waals surface area (Å²) < 4.78 is 0. The standard InChI is InChI=1S/C24H38ClN3O3/c1-2-3-4-5-6-7-8-9-10-11-12-17-23(30)27-28-24(31)19-18-22(29)26-21-16-14-13-15-20(21)25/h13-16H,2-12,17-19H2,1H3,(H,26,29)(H,27,30)(H,28,31). The van der Waals surface area contributed by atoms with Crippen LogP contribution in [0.5, 0.6) is 0 Å².